The largest absolute Gasteiger partial charge is 0.319 e. The first-order chi connectivity index (χ1) is 8.49. The van der Waals surface area contributed by atoms with Crippen molar-refractivity contribution in [1.29, 1.82) is 0 Å². The molecule has 94 valence electrons. The van der Waals surface area contributed by atoms with Crippen LogP contribution in [-0.4, -0.2) is 4.98 Å². The predicted octanol–water partition coefficient (Wildman–Crippen LogP) is 3.36. The summed E-state index contributed by atoms with van der Waals surface area (Å²) in [6, 6.07) is 8.27. The van der Waals surface area contributed by atoms with Gasteiger partial charge in [-0.25, -0.2) is 0 Å². The third kappa shape index (κ3) is 2.44. The molecule has 1 aromatic heterocycles. The molecule has 0 aliphatic heterocycles. The Bertz CT molecular complexity index is 573. The normalized spacial score (nSPS) is 12.5. The molecule has 1 unspecified atom stereocenters. The van der Waals surface area contributed by atoms with Crippen molar-refractivity contribution in [2.45, 2.75) is 33.7 Å². The van der Waals surface area contributed by atoms with Crippen molar-refractivity contribution in [2.24, 2.45) is 5.73 Å². The molecule has 0 radical (unpaired) electrons. The average Bonchev–Trinajstić information content (AvgIpc) is 2.33. The summed E-state index contributed by atoms with van der Waals surface area (Å²) in [4.78, 5) is 4.38. The molecule has 2 aromatic rings. The molecule has 0 bridgehead atoms. The second-order valence-corrected chi connectivity index (χ2v) is 5.03. The molecule has 0 saturated carbocycles. The van der Waals surface area contributed by atoms with Gasteiger partial charge in [-0.05, 0) is 67.6 Å². The maximum atomic E-state index is 6.34. The van der Waals surface area contributed by atoms with E-state index in [4.69, 9.17) is 5.73 Å². The van der Waals surface area contributed by atoms with Crippen molar-refractivity contribution in [2.75, 3.05) is 0 Å². The van der Waals surface area contributed by atoms with E-state index in [9.17, 15) is 0 Å². The van der Waals surface area contributed by atoms with Crippen LogP contribution in [0.2, 0.25) is 0 Å². The Morgan fingerprint density at radius 1 is 0.944 bits per heavy atom. The highest BCUT2D eigenvalue weighted by Gasteiger charge is 2.13. The van der Waals surface area contributed by atoms with Crippen molar-refractivity contribution >= 4 is 0 Å². The number of aromatic nitrogens is 1. The third-order valence-corrected chi connectivity index (χ3v) is 3.47. The molecule has 2 heteroatoms. The number of nitrogens with zero attached hydrogens (tertiary/aromatic N) is 1. The minimum absolute atomic E-state index is 0.149. The van der Waals surface area contributed by atoms with Crippen molar-refractivity contribution in [3.63, 3.8) is 0 Å². The van der Waals surface area contributed by atoms with Crippen LogP contribution in [0, 0.1) is 27.7 Å². The van der Waals surface area contributed by atoms with E-state index >= 15 is 0 Å². The number of benzene rings is 1. The maximum absolute atomic E-state index is 6.34. The Hall–Kier alpha value is -1.67. The molecular weight excluding hydrogens is 220 g/mol. The number of hydrogen-bond acceptors (Lipinski definition) is 2. The summed E-state index contributed by atoms with van der Waals surface area (Å²) in [6.07, 6.45) is 1.82. The summed E-state index contributed by atoms with van der Waals surface area (Å²) in [5.41, 5.74) is 13.4. The van der Waals surface area contributed by atoms with E-state index in [1.807, 2.05) is 12.3 Å². The second kappa shape index (κ2) is 4.91. The Morgan fingerprint density at radius 2 is 1.61 bits per heavy atom. The second-order valence-electron chi connectivity index (χ2n) is 5.03. The lowest BCUT2D eigenvalue weighted by Crippen LogP contribution is -2.15. The molecule has 1 aromatic carbocycles. The van der Waals surface area contributed by atoms with Gasteiger partial charge in [0.05, 0.1) is 11.7 Å². The van der Waals surface area contributed by atoms with Crippen LogP contribution in [-0.2, 0) is 0 Å². The quantitative estimate of drug-likeness (QED) is 0.874. The Labute approximate surface area is 109 Å². The van der Waals surface area contributed by atoms with Gasteiger partial charge < -0.3 is 5.73 Å². The summed E-state index contributed by atoms with van der Waals surface area (Å²) >= 11 is 0. The molecule has 0 aliphatic carbocycles. The van der Waals surface area contributed by atoms with Crippen molar-refractivity contribution in [3.8, 4) is 0 Å². The fraction of sp³-hybridized carbons (Fsp3) is 0.312. The van der Waals surface area contributed by atoms with E-state index in [2.05, 4.69) is 50.9 Å². The monoisotopic (exact) mass is 240 g/mol. The molecule has 2 rings (SSSR count). The lowest BCUT2D eigenvalue weighted by Gasteiger charge is -2.16. The highest BCUT2D eigenvalue weighted by Crippen LogP contribution is 2.24. The standard InChI is InChI=1S/C16H20N2/c1-10-5-6-18-15(7-10)16(17)14-9-12(3)11(2)8-13(14)4/h5-9,16H,17H2,1-4H3. The first-order valence-electron chi connectivity index (χ1n) is 6.25. The Balaban J connectivity index is 2.46. The molecule has 0 aliphatic rings. The number of rotatable bonds is 2. The molecule has 1 heterocycles. The molecule has 0 fully saturated rings. The van der Waals surface area contributed by atoms with Crippen LogP contribution in [0.25, 0.3) is 0 Å². The molecule has 0 saturated heterocycles. The fourth-order valence-electron chi connectivity index (χ4n) is 2.21. The Kier molecular flexibility index (Phi) is 3.48. The first kappa shape index (κ1) is 12.8. The number of pyridine rings is 1. The number of hydrogen-bond donors (Lipinski definition) is 1. The van der Waals surface area contributed by atoms with Crippen LogP contribution >= 0.6 is 0 Å². The smallest absolute Gasteiger partial charge is 0.0729 e. The van der Waals surface area contributed by atoms with Crippen LogP contribution in [0.15, 0.2) is 30.5 Å². The molecule has 18 heavy (non-hydrogen) atoms. The minimum Gasteiger partial charge on any atom is -0.319 e. The molecule has 0 amide bonds. The van der Waals surface area contributed by atoms with Gasteiger partial charge in [0.1, 0.15) is 0 Å². The number of nitrogens with two attached hydrogens (primary N) is 1. The maximum Gasteiger partial charge on any atom is 0.0729 e. The van der Waals surface area contributed by atoms with Crippen LogP contribution < -0.4 is 5.73 Å². The molecule has 0 spiro atoms. The van der Waals surface area contributed by atoms with Gasteiger partial charge in [-0.15, -0.1) is 0 Å². The fourth-order valence-corrected chi connectivity index (χ4v) is 2.21. The zero-order valence-electron chi connectivity index (χ0n) is 11.5. The van der Waals surface area contributed by atoms with Gasteiger partial charge in [0.15, 0.2) is 0 Å². The van der Waals surface area contributed by atoms with Gasteiger partial charge >= 0.3 is 0 Å². The zero-order chi connectivity index (χ0) is 13.3. The van der Waals surface area contributed by atoms with Gasteiger partial charge in [-0.1, -0.05) is 12.1 Å². The highest BCUT2D eigenvalue weighted by molar-refractivity contribution is 5.41. The van der Waals surface area contributed by atoms with E-state index in [0.717, 1.165) is 11.3 Å². The van der Waals surface area contributed by atoms with Gasteiger partial charge in [0, 0.05) is 6.20 Å². The predicted molar refractivity (Wildman–Crippen MR) is 75.7 cm³/mol. The van der Waals surface area contributed by atoms with Gasteiger partial charge in [0.25, 0.3) is 0 Å². The van der Waals surface area contributed by atoms with Crippen LogP contribution in [0.5, 0.6) is 0 Å². The number of aryl methyl sites for hydroxylation is 4. The van der Waals surface area contributed by atoms with Crippen molar-refractivity contribution in [3.05, 3.63) is 64.0 Å². The SMILES string of the molecule is Cc1ccnc(C(N)c2cc(C)c(C)cc2C)c1. The van der Waals surface area contributed by atoms with Crippen LogP contribution in [0.4, 0.5) is 0 Å². The lowest BCUT2D eigenvalue weighted by molar-refractivity contribution is 0.817. The van der Waals surface area contributed by atoms with Gasteiger partial charge in [0.2, 0.25) is 0 Å². The van der Waals surface area contributed by atoms with Gasteiger partial charge in [-0.3, -0.25) is 4.98 Å². The average molecular weight is 240 g/mol. The topological polar surface area (TPSA) is 38.9 Å². The minimum atomic E-state index is -0.149. The van der Waals surface area contributed by atoms with E-state index in [1.165, 1.54) is 22.3 Å². The lowest BCUT2D eigenvalue weighted by atomic mass is 9.94. The molecule has 1 atom stereocenters. The van der Waals surface area contributed by atoms with Crippen molar-refractivity contribution in [1.82, 2.24) is 4.98 Å². The summed E-state index contributed by atoms with van der Waals surface area (Å²) in [7, 11) is 0. The summed E-state index contributed by atoms with van der Waals surface area (Å²) in [5, 5.41) is 0. The summed E-state index contributed by atoms with van der Waals surface area (Å²) in [5.74, 6) is 0. The zero-order valence-corrected chi connectivity index (χ0v) is 11.5. The summed E-state index contributed by atoms with van der Waals surface area (Å²) in [6.45, 7) is 8.42. The highest BCUT2D eigenvalue weighted by atomic mass is 14.8. The molecular formula is C16H20N2. The van der Waals surface area contributed by atoms with E-state index in [1.54, 1.807) is 0 Å². The molecule has 2 N–H and O–H groups in total. The third-order valence-electron chi connectivity index (χ3n) is 3.47. The van der Waals surface area contributed by atoms with Gasteiger partial charge in [-0.2, -0.15) is 0 Å². The van der Waals surface area contributed by atoms with E-state index in [-0.39, 0.29) is 6.04 Å². The van der Waals surface area contributed by atoms with Crippen LogP contribution in [0.3, 0.4) is 0 Å². The first-order valence-corrected chi connectivity index (χ1v) is 6.25. The van der Waals surface area contributed by atoms with Crippen molar-refractivity contribution < 1.29 is 0 Å². The van der Waals surface area contributed by atoms with E-state index < -0.39 is 0 Å². The van der Waals surface area contributed by atoms with E-state index in [0.29, 0.717) is 0 Å². The van der Waals surface area contributed by atoms with Crippen LogP contribution in [0.1, 0.15) is 39.6 Å². The Morgan fingerprint density at radius 3 is 2.28 bits per heavy atom. The summed E-state index contributed by atoms with van der Waals surface area (Å²) < 4.78 is 0. The molecule has 2 nitrogen and oxygen atoms in total.